The number of thiazole rings is 2. The number of hydrogen-bond acceptors (Lipinski definition) is 10. The zero-order valence-corrected chi connectivity index (χ0v) is 37.9. The second-order valence-corrected chi connectivity index (χ2v) is 17.4. The molecular formula is C48H45F2N7O7S2. The number of aromatic nitrogens is 2. The predicted molar refractivity (Wildman–Crippen MR) is 248 cm³/mol. The zero-order chi connectivity index (χ0) is 47.2. The first-order chi connectivity index (χ1) is 31.6. The summed E-state index contributed by atoms with van der Waals surface area (Å²) in [6.07, 6.45) is 6.71. The Hall–Kier alpha value is -7.18. The molecule has 2 aromatic heterocycles. The number of rotatable bonds is 14. The normalized spacial score (nSPS) is 12.9. The molecule has 0 unspecified atom stereocenters. The molecule has 4 aromatic carbocycles. The van der Waals surface area contributed by atoms with Crippen molar-refractivity contribution in [2.75, 3.05) is 23.7 Å². The highest BCUT2D eigenvalue weighted by Gasteiger charge is 2.28. The van der Waals surface area contributed by atoms with E-state index in [-0.39, 0.29) is 57.3 Å². The molecule has 2 heterocycles. The van der Waals surface area contributed by atoms with Gasteiger partial charge in [-0.3, -0.25) is 34.6 Å². The van der Waals surface area contributed by atoms with E-state index in [1.165, 1.54) is 65.3 Å². The van der Waals surface area contributed by atoms with Crippen LogP contribution in [0.2, 0.25) is 0 Å². The van der Waals surface area contributed by atoms with Crippen molar-refractivity contribution < 1.29 is 42.7 Å². The van der Waals surface area contributed by atoms with Crippen LogP contribution < -0.4 is 21.3 Å². The van der Waals surface area contributed by atoms with E-state index in [2.05, 4.69) is 31.2 Å². The topological polar surface area (TPSA) is 200 Å². The summed E-state index contributed by atoms with van der Waals surface area (Å²) < 4.78 is 29.6. The minimum atomic E-state index is -1.20. The molecule has 2 aliphatic rings. The van der Waals surface area contributed by atoms with E-state index in [1.807, 2.05) is 13.8 Å². The lowest BCUT2D eigenvalue weighted by molar-refractivity contribution is 0.0695. The summed E-state index contributed by atoms with van der Waals surface area (Å²) in [6, 6.07) is 14.5. The Kier molecular flexibility index (Phi) is 14.4. The zero-order valence-electron chi connectivity index (χ0n) is 36.3. The van der Waals surface area contributed by atoms with Crippen molar-refractivity contribution >= 4 is 68.4 Å². The number of carboxylic acid groups (broad SMARTS) is 1. The van der Waals surface area contributed by atoms with Crippen LogP contribution in [0.4, 0.5) is 19.0 Å². The predicted octanol–water partition coefficient (Wildman–Crippen LogP) is 8.98. The highest BCUT2D eigenvalue weighted by atomic mass is 32.1. The first-order valence-corrected chi connectivity index (χ1v) is 22.9. The van der Waals surface area contributed by atoms with E-state index in [0.717, 1.165) is 31.7 Å². The van der Waals surface area contributed by atoms with Crippen LogP contribution in [0.15, 0.2) is 83.8 Å². The molecule has 0 bridgehead atoms. The summed E-state index contributed by atoms with van der Waals surface area (Å²) in [7, 11) is 0. The average molecular weight is 934 g/mol. The Bertz CT molecular complexity index is 2840. The number of anilines is 2. The maximum Gasteiger partial charge on any atom is 0.335 e. The average Bonchev–Trinajstić information content (AvgIpc) is 4.19. The molecule has 5 N–H and O–H groups in total. The molecule has 66 heavy (non-hydrogen) atoms. The van der Waals surface area contributed by atoms with Gasteiger partial charge in [0.15, 0.2) is 10.3 Å². The van der Waals surface area contributed by atoms with E-state index in [1.54, 1.807) is 53.9 Å². The summed E-state index contributed by atoms with van der Waals surface area (Å²) >= 11 is 2.47. The largest absolute Gasteiger partial charge is 0.478 e. The van der Waals surface area contributed by atoms with Gasteiger partial charge in [-0.2, -0.15) is 0 Å². The summed E-state index contributed by atoms with van der Waals surface area (Å²) in [4.78, 5) is 85.6. The second kappa shape index (κ2) is 20.3. The van der Waals surface area contributed by atoms with Gasteiger partial charge in [-0.1, -0.05) is 12.1 Å². The monoisotopic (exact) mass is 933 g/mol. The molecular weight excluding hydrogens is 889 g/mol. The Morgan fingerprint density at radius 1 is 0.606 bits per heavy atom. The molecule has 2 aliphatic carbocycles. The minimum absolute atomic E-state index is 0.0392. The first-order valence-electron chi connectivity index (χ1n) is 21.1. The first kappa shape index (κ1) is 46.8. The van der Waals surface area contributed by atoms with Crippen molar-refractivity contribution in [3.8, 4) is 22.3 Å². The van der Waals surface area contributed by atoms with Gasteiger partial charge in [-0.25, -0.2) is 23.5 Å². The Balaban J connectivity index is 0.000000198. The molecule has 8 rings (SSSR count). The maximum absolute atomic E-state index is 14.9. The van der Waals surface area contributed by atoms with Gasteiger partial charge in [0.2, 0.25) is 0 Å². The van der Waals surface area contributed by atoms with Crippen LogP contribution in [0.3, 0.4) is 0 Å². The molecule has 18 heteroatoms. The van der Waals surface area contributed by atoms with Crippen LogP contribution in [-0.4, -0.2) is 80.7 Å². The van der Waals surface area contributed by atoms with E-state index >= 15 is 0 Å². The summed E-state index contributed by atoms with van der Waals surface area (Å²) in [5.41, 5.74) is 2.86. The molecule has 0 aliphatic heterocycles. The van der Waals surface area contributed by atoms with Crippen LogP contribution in [0.25, 0.3) is 22.3 Å². The molecule has 340 valence electrons. The van der Waals surface area contributed by atoms with Gasteiger partial charge in [0.05, 0.1) is 5.56 Å². The van der Waals surface area contributed by atoms with Crippen molar-refractivity contribution in [1.29, 1.82) is 0 Å². The number of benzene rings is 4. The summed E-state index contributed by atoms with van der Waals surface area (Å²) in [5.74, 6) is -4.34. The number of hydrogen-bond donors (Lipinski definition) is 5. The van der Waals surface area contributed by atoms with E-state index in [9.17, 15) is 42.7 Å². The number of carboxylic acids is 1. The molecule has 6 aromatic rings. The summed E-state index contributed by atoms with van der Waals surface area (Å²) in [5, 5.41) is 24.6. The third-order valence-electron chi connectivity index (χ3n) is 11.0. The second-order valence-electron chi connectivity index (χ2n) is 15.6. The van der Waals surface area contributed by atoms with Gasteiger partial charge in [0.25, 0.3) is 29.5 Å². The fourth-order valence-electron chi connectivity index (χ4n) is 6.96. The van der Waals surface area contributed by atoms with Crippen molar-refractivity contribution in [3.05, 3.63) is 140 Å². The number of nitrogens with zero attached hydrogens (tertiary/aromatic N) is 3. The van der Waals surface area contributed by atoms with Crippen LogP contribution in [0, 0.1) is 25.5 Å². The lowest BCUT2D eigenvalue weighted by Crippen LogP contribution is -2.30. The third-order valence-corrected chi connectivity index (χ3v) is 12.4. The molecule has 0 radical (unpaired) electrons. The maximum atomic E-state index is 14.9. The number of nitrogens with one attached hydrogen (secondary N) is 4. The van der Waals surface area contributed by atoms with Crippen molar-refractivity contribution in [3.63, 3.8) is 0 Å². The number of carbonyl (C=O) groups is 6. The van der Waals surface area contributed by atoms with Crippen LogP contribution >= 0.6 is 22.7 Å². The Labute approximate surface area is 386 Å². The molecule has 5 amide bonds. The highest BCUT2D eigenvalue weighted by Crippen LogP contribution is 2.34. The standard InChI is InChI=1S/C26H27FN4O3S.C22H18FN3O4S/c1-4-31(5-2)25(34)16-6-9-19(21(12-16)24(33)30-26-28-10-11-35-26)20-13-17(14-22(27)15(20)3)23(32)29-18-7-8-18;1-11-16(9-13(10-18(11)23)19(27)25-14-3-4-14)15-5-2-12(21(29)30)8-17(15)20(28)26-22-24-6-7-31-22/h6,9-14,18H,4-5,7-8H2,1-3H3,(H,29,32)(H,28,30,33);2,5-10,14H,3-4H2,1H3,(H,25,27)(H,29,30)(H,24,26,28). The van der Waals surface area contributed by atoms with Crippen molar-refractivity contribution in [2.24, 2.45) is 0 Å². The molecule has 0 spiro atoms. The summed E-state index contributed by atoms with van der Waals surface area (Å²) in [6.45, 7) is 7.97. The molecule has 2 fully saturated rings. The van der Waals surface area contributed by atoms with Crippen LogP contribution in [0.1, 0.15) is 113 Å². The lowest BCUT2D eigenvalue weighted by atomic mass is 9.91. The van der Waals surface area contributed by atoms with E-state index in [4.69, 9.17) is 0 Å². The number of carbonyl (C=O) groups excluding carboxylic acids is 5. The van der Waals surface area contributed by atoms with E-state index < -0.39 is 35.3 Å². The van der Waals surface area contributed by atoms with Crippen molar-refractivity contribution in [1.82, 2.24) is 25.5 Å². The minimum Gasteiger partial charge on any atom is -0.478 e. The number of amides is 5. The number of aromatic carboxylic acids is 1. The fraction of sp³-hybridized carbons (Fsp3) is 0.250. The smallest absolute Gasteiger partial charge is 0.335 e. The van der Waals surface area contributed by atoms with Crippen LogP contribution in [-0.2, 0) is 0 Å². The van der Waals surface area contributed by atoms with Crippen molar-refractivity contribution in [2.45, 2.75) is 65.5 Å². The van der Waals surface area contributed by atoms with Gasteiger partial charge in [-0.05, 0) is 135 Å². The van der Waals surface area contributed by atoms with Gasteiger partial charge in [-0.15, -0.1) is 22.7 Å². The molecule has 0 atom stereocenters. The van der Waals surface area contributed by atoms with Crippen LogP contribution in [0.5, 0.6) is 0 Å². The van der Waals surface area contributed by atoms with Gasteiger partial charge < -0.3 is 20.6 Å². The van der Waals surface area contributed by atoms with Gasteiger partial charge >= 0.3 is 5.97 Å². The number of halogens is 2. The van der Waals surface area contributed by atoms with Gasteiger partial charge in [0.1, 0.15) is 11.6 Å². The van der Waals surface area contributed by atoms with Gasteiger partial charge in [0, 0.05) is 76.1 Å². The molecule has 14 nitrogen and oxygen atoms in total. The lowest BCUT2D eigenvalue weighted by Gasteiger charge is -2.20. The third kappa shape index (κ3) is 11.0. The SMILES string of the molecule is CCN(CC)C(=O)c1ccc(-c2cc(C(=O)NC3CC3)cc(F)c2C)c(C(=O)Nc2nccs2)c1.Cc1c(F)cc(C(=O)NC2CC2)cc1-c1ccc(C(=O)O)cc1C(=O)Nc1nccs1. The Morgan fingerprint density at radius 2 is 1.03 bits per heavy atom. The molecule has 2 saturated carbocycles. The van der Waals surface area contributed by atoms with E-state index in [0.29, 0.717) is 56.7 Å². The molecule has 0 saturated heterocycles. The Morgan fingerprint density at radius 3 is 1.41 bits per heavy atom. The fourth-order valence-corrected chi connectivity index (χ4v) is 8.01. The quantitative estimate of drug-likeness (QED) is 0.0707. The highest BCUT2D eigenvalue weighted by molar-refractivity contribution is 7.14.